The van der Waals surface area contributed by atoms with Crippen LogP contribution in [-0.2, 0) is 4.79 Å². The Kier molecular flexibility index (Phi) is 9.95. The number of hydrogen-bond donors (Lipinski definition) is 2. The number of halogens is 2. The highest BCUT2D eigenvalue weighted by atomic mass is 35.5. The summed E-state index contributed by atoms with van der Waals surface area (Å²) >= 11 is 0. The summed E-state index contributed by atoms with van der Waals surface area (Å²) in [6.07, 6.45) is 6.02. The quantitative estimate of drug-likeness (QED) is 0.798. The van der Waals surface area contributed by atoms with E-state index in [0.717, 1.165) is 31.8 Å². The standard InChI is InChI=1S/C16H31N3O.2ClH/c1-4-13-7-6-10-19(11-13)16(2,3)12-18-15(20)14-8-5-9-17-14;;/h13-14,17H,4-12H2,1-3H3,(H,18,20);2*1H. The summed E-state index contributed by atoms with van der Waals surface area (Å²) in [5, 5.41) is 6.41. The van der Waals surface area contributed by atoms with Crippen molar-refractivity contribution in [3.63, 3.8) is 0 Å². The van der Waals surface area contributed by atoms with Gasteiger partial charge in [0.1, 0.15) is 0 Å². The van der Waals surface area contributed by atoms with E-state index in [1.807, 2.05) is 0 Å². The number of nitrogens with zero attached hydrogens (tertiary/aromatic N) is 1. The van der Waals surface area contributed by atoms with Crippen molar-refractivity contribution < 1.29 is 4.79 Å². The van der Waals surface area contributed by atoms with E-state index in [4.69, 9.17) is 0 Å². The first-order valence-corrected chi connectivity index (χ1v) is 8.29. The predicted octanol–water partition coefficient (Wildman–Crippen LogP) is 2.60. The molecule has 0 bridgehead atoms. The van der Waals surface area contributed by atoms with Gasteiger partial charge in [0.25, 0.3) is 0 Å². The number of piperidine rings is 1. The molecule has 4 nitrogen and oxygen atoms in total. The number of amides is 1. The molecule has 2 aliphatic rings. The molecule has 2 rings (SSSR count). The minimum Gasteiger partial charge on any atom is -0.353 e. The molecule has 0 radical (unpaired) electrons. The highest BCUT2D eigenvalue weighted by molar-refractivity contribution is 5.85. The fraction of sp³-hybridized carbons (Fsp3) is 0.938. The zero-order valence-corrected chi connectivity index (χ0v) is 15.8. The average Bonchev–Trinajstić information content (AvgIpc) is 2.99. The Balaban J connectivity index is 0.00000220. The van der Waals surface area contributed by atoms with Gasteiger partial charge in [-0.3, -0.25) is 9.69 Å². The first-order valence-electron chi connectivity index (χ1n) is 8.29. The van der Waals surface area contributed by atoms with Crippen LogP contribution in [0.4, 0.5) is 0 Å². The molecule has 2 unspecified atom stereocenters. The lowest BCUT2D eigenvalue weighted by Crippen LogP contribution is -2.56. The minimum atomic E-state index is 0. The summed E-state index contributed by atoms with van der Waals surface area (Å²) in [6.45, 7) is 10.9. The smallest absolute Gasteiger partial charge is 0.237 e. The Labute approximate surface area is 148 Å². The first-order chi connectivity index (χ1) is 9.53. The number of carbonyl (C=O) groups is 1. The van der Waals surface area contributed by atoms with Crippen LogP contribution in [-0.4, -0.2) is 48.6 Å². The van der Waals surface area contributed by atoms with Gasteiger partial charge in [-0.15, -0.1) is 24.8 Å². The van der Waals surface area contributed by atoms with Crippen LogP contribution in [0.25, 0.3) is 0 Å². The second-order valence-electron chi connectivity index (χ2n) is 7.04. The molecule has 2 N–H and O–H groups in total. The maximum absolute atomic E-state index is 12.1. The lowest BCUT2D eigenvalue weighted by atomic mass is 9.91. The highest BCUT2D eigenvalue weighted by Crippen LogP contribution is 2.25. The zero-order valence-electron chi connectivity index (χ0n) is 14.2. The molecule has 0 aliphatic carbocycles. The van der Waals surface area contributed by atoms with Crippen LogP contribution in [0.5, 0.6) is 0 Å². The van der Waals surface area contributed by atoms with Crippen molar-refractivity contribution in [1.29, 1.82) is 0 Å². The van der Waals surface area contributed by atoms with Gasteiger partial charge in [0, 0.05) is 18.6 Å². The molecule has 2 fully saturated rings. The molecule has 2 heterocycles. The third kappa shape index (κ3) is 5.88. The van der Waals surface area contributed by atoms with Gasteiger partial charge in [-0.05, 0) is 58.5 Å². The van der Waals surface area contributed by atoms with E-state index in [9.17, 15) is 4.79 Å². The van der Waals surface area contributed by atoms with Gasteiger partial charge < -0.3 is 10.6 Å². The van der Waals surface area contributed by atoms with E-state index in [0.29, 0.717) is 0 Å². The van der Waals surface area contributed by atoms with Crippen LogP contribution in [0.2, 0.25) is 0 Å². The third-order valence-corrected chi connectivity index (χ3v) is 5.02. The molecular formula is C16H33Cl2N3O. The van der Waals surface area contributed by atoms with Crippen LogP contribution in [0.15, 0.2) is 0 Å². The Bertz CT molecular complexity index is 333. The predicted molar refractivity (Wildman–Crippen MR) is 97.2 cm³/mol. The van der Waals surface area contributed by atoms with Gasteiger partial charge in [-0.25, -0.2) is 0 Å². The van der Waals surface area contributed by atoms with Crippen molar-refractivity contribution in [3.8, 4) is 0 Å². The van der Waals surface area contributed by atoms with E-state index in [2.05, 4.69) is 36.3 Å². The summed E-state index contributed by atoms with van der Waals surface area (Å²) in [5.41, 5.74) is 0.0576. The van der Waals surface area contributed by atoms with E-state index >= 15 is 0 Å². The lowest BCUT2D eigenvalue weighted by Gasteiger charge is -2.43. The Morgan fingerprint density at radius 3 is 2.59 bits per heavy atom. The molecule has 0 aromatic rings. The van der Waals surface area contributed by atoms with Gasteiger partial charge in [-0.2, -0.15) is 0 Å². The topological polar surface area (TPSA) is 44.4 Å². The van der Waals surface area contributed by atoms with Crippen molar-refractivity contribution in [2.75, 3.05) is 26.2 Å². The maximum atomic E-state index is 12.1. The summed E-state index contributed by atoms with van der Waals surface area (Å²) in [6, 6.07) is 0.0375. The normalized spacial score (nSPS) is 26.0. The first kappa shape index (κ1) is 22.0. The number of rotatable bonds is 5. The lowest BCUT2D eigenvalue weighted by molar-refractivity contribution is -0.123. The van der Waals surface area contributed by atoms with Crippen molar-refractivity contribution in [1.82, 2.24) is 15.5 Å². The second kappa shape index (κ2) is 9.96. The summed E-state index contributed by atoms with van der Waals surface area (Å²) < 4.78 is 0. The Morgan fingerprint density at radius 2 is 2.00 bits per heavy atom. The molecule has 2 saturated heterocycles. The van der Waals surface area contributed by atoms with Crippen LogP contribution >= 0.6 is 24.8 Å². The van der Waals surface area contributed by atoms with Crippen LogP contribution in [0.3, 0.4) is 0 Å². The third-order valence-electron chi connectivity index (χ3n) is 5.02. The molecule has 0 aromatic carbocycles. The number of likely N-dealkylation sites (tertiary alicyclic amines) is 1. The van der Waals surface area contributed by atoms with E-state index < -0.39 is 0 Å². The van der Waals surface area contributed by atoms with Crippen LogP contribution in [0.1, 0.15) is 52.9 Å². The molecule has 0 spiro atoms. The van der Waals surface area contributed by atoms with Crippen molar-refractivity contribution in [2.24, 2.45) is 5.92 Å². The monoisotopic (exact) mass is 353 g/mol. The SMILES string of the molecule is CCC1CCCN(C(C)(C)CNC(=O)C2CCCN2)C1.Cl.Cl. The summed E-state index contributed by atoms with van der Waals surface area (Å²) in [5.74, 6) is 1.01. The molecule has 2 aliphatic heterocycles. The largest absolute Gasteiger partial charge is 0.353 e. The van der Waals surface area contributed by atoms with E-state index in [1.165, 1.54) is 32.4 Å². The van der Waals surface area contributed by atoms with E-state index in [1.54, 1.807) is 0 Å². The summed E-state index contributed by atoms with van der Waals surface area (Å²) in [7, 11) is 0. The molecule has 1 amide bonds. The summed E-state index contributed by atoms with van der Waals surface area (Å²) in [4.78, 5) is 14.7. The molecule has 0 saturated carbocycles. The average molecular weight is 354 g/mol. The van der Waals surface area contributed by atoms with Gasteiger partial charge >= 0.3 is 0 Å². The maximum Gasteiger partial charge on any atom is 0.237 e. The molecule has 132 valence electrons. The second-order valence-corrected chi connectivity index (χ2v) is 7.04. The van der Waals surface area contributed by atoms with Crippen molar-refractivity contribution in [2.45, 2.75) is 64.5 Å². The van der Waals surface area contributed by atoms with Crippen molar-refractivity contribution in [3.05, 3.63) is 0 Å². The molecule has 0 aromatic heterocycles. The molecule has 6 heteroatoms. The minimum absolute atomic E-state index is 0. The number of hydrogen-bond acceptors (Lipinski definition) is 3. The van der Waals surface area contributed by atoms with Crippen molar-refractivity contribution >= 4 is 30.7 Å². The van der Waals surface area contributed by atoms with Gasteiger partial charge in [0.15, 0.2) is 0 Å². The van der Waals surface area contributed by atoms with E-state index in [-0.39, 0.29) is 42.3 Å². The van der Waals surface area contributed by atoms with Crippen LogP contribution in [0, 0.1) is 5.92 Å². The van der Waals surface area contributed by atoms with Crippen LogP contribution < -0.4 is 10.6 Å². The molecule has 2 atom stereocenters. The highest BCUT2D eigenvalue weighted by Gasteiger charge is 2.32. The Morgan fingerprint density at radius 1 is 1.27 bits per heavy atom. The number of nitrogens with one attached hydrogen (secondary N) is 2. The van der Waals surface area contributed by atoms with Gasteiger partial charge in [0.2, 0.25) is 5.91 Å². The molecule has 22 heavy (non-hydrogen) atoms. The number of carbonyl (C=O) groups excluding carboxylic acids is 1. The Hall–Kier alpha value is -0.0300. The fourth-order valence-electron chi connectivity index (χ4n) is 3.39. The molecular weight excluding hydrogens is 321 g/mol. The zero-order chi connectivity index (χ0) is 14.6. The van der Waals surface area contributed by atoms with Gasteiger partial charge in [0.05, 0.1) is 6.04 Å². The fourth-order valence-corrected chi connectivity index (χ4v) is 3.39. The van der Waals surface area contributed by atoms with Gasteiger partial charge in [-0.1, -0.05) is 13.3 Å².